The lowest BCUT2D eigenvalue weighted by Crippen LogP contribution is -2.31. The smallest absolute Gasteiger partial charge is 0.251 e. The first kappa shape index (κ1) is 19.2. The third kappa shape index (κ3) is 4.81. The van der Waals surface area contributed by atoms with Gasteiger partial charge in [0, 0.05) is 24.4 Å². The van der Waals surface area contributed by atoms with Gasteiger partial charge in [-0.25, -0.2) is 0 Å². The summed E-state index contributed by atoms with van der Waals surface area (Å²) >= 11 is 0. The Morgan fingerprint density at radius 1 is 0.966 bits per heavy atom. The van der Waals surface area contributed by atoms with E-state index in [1.807, 2.05) is 42.5 Å². The van der Waals surface area contributed by atoms with Gasteiger partial charge in [0.1, 0.15) is 0 Å². The Balaban J connectivity index is 1.34. The van der Waals surface area contributed by atoms with Gasteiger partial charge in [0.05, 0.1) is 12.5 Å². The van der Waals surface area contributed by atoms with Crippen LogP contribution in [0, 0.1) is 0 Å². The van der Waals surface area contributed by atoms with Crippen molar-refractivity contribution in [2.45, 2.75) is 25.4 Å². The van der Waals surface area contributed by atoms with E-state index in [1.165, 1.54) is 0 Å². The molecule has 1 fully saturated rings. The molecule has 5 heteroatoms. The lowest BCUT2D eigenvalue weighted by molar-refractivity contribution is -0.115. The fraction of sp³-hybridized carbons (Fsp3) is 0.250. The zero-order chi connectivity index (χ0) is 20.1. The maximum Gasteiger partial charge on any atom is 0.251 e. The van der Waals surface area contributed by atoms with Crippen molar-refractivity contribution in [3.8, 4) is 0 Å². The molecule has 0 bridgehead atoms. The third-order valence-corrected chi connectivity index (χ3v) is 5.18. The molecular weight excluding hydrogens is 364 g/mol. The Hall–Kier alpha value is -3.18. The molecule has 1 saturated heterocycles. The monoisotopic (exact) mass is 388 g/mol. The second-order valence-corrected chi connectivity index (χ2v) is 7.29. The van der Waals surface area contributed by atoms with Gasteiger partial charge in [-0.05, 0) is 53.4 Å². The normalized spacial score (nSPS) is 15.9. The predicted octanol–water partition coefficient (Wildman–Crippen LogP) is 3.93. The van der Waals surface area contributed by atoms with Gasteiger partial charge in [-0.3, -0.25) is 9.59 Å². The van der Waals surface area contributed by atoms with E-state index in [1.54, 1.807) is 24.3 Å². The zero-order valence-corrected chi connectivity index (χ0v) is 16.2. The van der Waals surface area contributed by atoms with Crippen LogP contribution in [0.1, 0.15) is 28.8 Å². The molecule has 0 unspecified atom stereocenters. The number of benzene rings is 3. The summed E-state index contributed by atoms with van der Waals surface area (Å²) in [6, 6.07) is 21.0. The highest BCUT2D eigenvalue weighted by Gasteiger charge is 2.16. The molecule has 148 valence electrons. The van der Waals surface area contributed by atoms with Gasteiger partial charge < -0.3 is 15.4 Å². The molecule has 3 aromatic rings. The minimum absolute atomic E-state index is 0.0862. The maximum atomic E-state index is 12.5. The predicted molar refractivity (Wildman–Crippen MR) is 114 cm³/mol. The molecule has 29 heavy (non-hydrogen) atoms. The molecule has 4 rings (SSSR count). The Kier molecular flexibility index (Phi) is 5.86. The van der Waals surface area contributed by atoms with Gasteiger partial charge in [0.2, 0.25) is 5.91 Å². The van der Waals surface area contributed by atoms with E-state index >= 15 is 0 Å². The average molecular weight is 388 g/mol. The molecule has 0 aliphatic carbocycles. The fourth-order valence-electron chi connectivity index (χ4n) is 3.64. The average Bonchev–Trinajstić information content (AvgIpc) is 3.26. The van der Waals surface area contributed by atoms with E-state index in [2.05, 4.69) is 10.6 Å². The van der Waals surface area contributed by atoms with Gasteiger partial charge in [-0.1, -0.05) is 42.5 Å². The van der Waals surface area contributed by atoms with Crippen molar-refractivity contribution in [3.05, 3.63) is 77.9 Å². The van der Waals surface area contributed by atoms with E-state index in [-0.39, 0.29) is 17.9 Å². The highest BCUT2D eigenvalue weighted by Crippen LogP contribution is 2.19. The largest absolute Gasteiger partial charge is 0.376 e. The van der Waals surface area contributed by atoms with Crippen LogP contribution in [-0.4, -0.2) is 31.1 Å². The van der Waals surface area contributed by atoms with Crippen LogP contribution in [0.25, 0.3) is 10.8 Å². The summed E-state index contributed by atoms with van der Waals surface area (Å²) in [4.78, 5) is 24.7. The van der Waals surface area contributed by atoms with Crippen molar-refractivity contribution in [1.82, 2.24) is 5.32 Å². The first-order valence-corrected chi connectivity index (χ1v) is 9.95. The quantitative estimate of drug-likeness (QED) is 0.672. The van der Waals surface area contributed by atoms with Gasteiger partial charge in [-0.2, -0.15) is 0 Å². The van der Waals surface area contributed by atoms with Gasteiger partial charge in [0.15, 0.2) is 0 Å². The van der Waals surface area contributed by atoms with Crippen LogP contribution in [0.15, 0.2) is 66.7 Å². The number of rotatable bonds is 6. The lowest BCUT2D eigenvalue weighted by Gasteiger charge is -2.11. The molecule has 1 aliphatic heterocycles. The lowest BCUT2D eigenvalue weighted by atomic mass is 10.0. The van der Waals surface area contributed by atoms with Gasteiger partial charge >= 0.3 is 0 Å². The van der Waals surface area contributed by atoms with Crippen LogP contribution in [0.4, 0.5) is 5.69 Å². The number of fused-ring (bicyclic) bond motifs is 1. The Bertz CT molecular complexity index is 1000. The number of hydrogen-bond acceptors (Lipinski definition) is 3. The summed E-state index contributed by atoms with van der Waals surface area (Å²) < 4.78 is 5.52. The van der Waals surface area contributed by atoms with E-state index in [0.717, 1.165) is 35.8 Å². The number of nitrogens with one attached hydrogen (secondary N) is 2. The molecule has 1 atom stereocenters. The van der Waals surface area contributed by atoms with Crippen molar-refractivity contribution < 1.29 is 14.3 Å². The highest BCUT2D eigenvalue weighted by molar-refractivity contribution is 5.97. The second-order valence-electron chi connectivity index (χ2n) is 7.29. The summed E-state index contributed by atoms with van der Waals surface area (Å²) in [5, 5.41) is 8.01. The molecular formula is C24H24N2O3. The topological polar surface area (TPSA) is 67.4 Å². The van der Waals surface area contributed by atoms with Crippen LogP contribution in [0.5, 0.6) is 0 Å². The molecule has 2 N–H and O–H groups in total. The van der Waals surface area contributed by atoms with Crippen molar-refractivity contribution in [2.75, 3.05) is 18.5 Å². The third-order valence-electron chi connectivity index (χ3n) is 5.18. The summed E-state index contributed by atoms with van der Waals surface area (Å²) in [7, 11) is 0. The number of anilines is 1. The molecule has 0 aromatic heterocycles. The van der Waals surface area contributed by atoms with Crippen LogP contribution >= 0.6 is 0 Å². The molecule has 3 aromatic carbocycles. The minimum Gasteiger partial charge on any atom is -0.376 e. The second kappa shape index (κ2) is 8.88. The number of amides is 2. The summed E-state index contributed by atoms with van der Waals surface area (Å²) in [5.41, 5.74) is 2.23. The summed E-state index contributed by atoms with van der Waals surface area (Å²) in [5.74, 6) is -0.217. The van der Waals surface area contributed by atoms with E-state index in [0.29, 0.717) is 24.2 Å². The van der Waals surface area contributed by atoms with Crippen LogP contribution in [-0.2, 0) is 16.0 Å². The minimum atomic E-state index is -0.130. The van der Waals surface area contributed by atoms with Crippen molar-refractivity contribution in [1.29, 1.82) is 0 Å². The Morgan fingerprint density at radius 3 is 2.55 bits per heavy atom. The molecule has 1 heterocycles. The molecule has 5 nitrogen and oxygen atoms in total. The van der Waals surface area contributed by atoms with Gasteiger partial charge in [-0.15, -0.1) is 0 Å². The van der Waals surface area contributed by atoms with Crippen molar-refractivity contribution in [3.63, 3.8) is 0 Å². The van der Waals surface area contributed by atoms with E-state index in [4.69, 9.17) is 4.74 Å². The highest BCUT2D eigenvalue weighted by atomic mass is 16.5. The van der Waals surface area contributed by atoms with Crippen molar-refractivity contribution in [2.24, 2.45) is 0 Å². The van der Waals surface area contributed by atoms with E-state index in [9.17, 15) is 9.59 Å². The van der Waals surface area contributed by atoms with Crippen LogP contribution in [0.3, 0.4) is 0 Å². The molecule has 2 amide bonds. The molecule has 0 saturated carbocycles. The molecule has 0 radical (unpaired) electrons. The standard InChI is InChI=1S/C24H24N2O3/c27-23(15-19-7-3-6-17-5-1-2-9-22(17)19)26-20-12-10-18(11-13-20)24(28)25-16-21-8-4-14-29-21/h1-3,5-7,9-13,21H,4,8,14-16H2,(H,25,28)(H,26,27)/t21-/m0/s1. The van der Waals surface area contributed by atoms with Crippen LogP contribution in [0.2, 0.25) is 0 Å². The number of hydrogen-bond donors (Lipinski definition) is 2. The zero-order valence-electron chi connectivity index (χ0n) is 16.2. The van der Waals surface area contributed by atoms with Crippen molar-refractivity contribution >= 4 is 28.3 Å². The maximum absolute atomic E-state index is 12.5. The Morgan fingerprint density at radius 2 is 1.76 bits per heavy atom. The number of ether oxygens (including phenoxy) is 1. The summed E-state index contributed by atoms with van der Waals surface area (Å²) in [6.45, 7) is 1.30. The van der Waals surface area contributed by atoms with Gasteiger partial charge in [0.25, 0.3) is 5.91 Å². The summed E-state index contributed by atoms with van der Waals surface area (Å²) in [6.07, 6.45) is 2.45. The number of carbonyl (C=O) groups excluding carboxylic acids is 2. The molecule has 1 aliphatic rings. The SMILES string of the molecule is O=C(Cc1cccc2ccccc12)Nc1ccc(C(=O)NC[C@@H]2CCCO2)cc1. The van der Waals surface area contributed by atoms with E-state index < -0.39 is 0 Å². The van der Waals surface area contributed by atoms with Crippen LogP contribution < -0.4 is 10.6 Å². The first-order chi connectivity index (χ1) is 14.2. The number of carbonyl (C=O) groups is 2. The fourth-order valence-corrected chi connectivity index (χ4v) is 3.64. The first-order valence-electron chi connectivity index (χ1n) is 9.95. The molecule has 0 spiro atoms. The Labute approximate surface area is 170 Å².